The zero-order chi connectivity index (χ0) is 15.9. The Kier molecular flexibility index (Phi) is 3.29. The standard InChI is InChI=1S/C20H21N3/c1-14-8-10-15(11-9-14)22-18-16-6-2-3-7-17(16)20(19(21)23-18)12-4-5-13-20/h2-3,6-11H,4-5,12-13H2,1H3,(H2,21,22,23). The molecule has 1 saturated carbocycles. The third kappa shape index (κ3) is 2.27. The van der Waals surface area contributed by atoms with Gasteiger partial charge in [0.25, 0.3) is 0 Å². The van der Waals surface area contributed by atoms with Gasteiger partial charge in [-0.1, -0.05) is 54.8 Å². The van der Waals surface area contributed by atoms with Gasteiger partial charge in [0.1, 0.15) is 5.84 Å². The summed E-state index contributed by atoms with van der Waals surface area (Å²) in [4.78, 5) is 9.48. The first-order chi connectivity index (χ1) is 11.2. The molecule has 3 heteroatoms. The van der Waals surface area contributed by atoms with Crippen molar-refractivity contribution in [2.24, 2.45) is 15.7 Å². The first-order valence-electron chi connectivity index (χ1n) is 8.29. The van der Waals surface area contributed by atoms with E-state index in [2.05, 4.69) is 43.3 Å². The number of nitrogens with zero attached hydrogens (tertiary/aromatic N) is 2. The largest absolute Gasteiger partial charge is 0.386 e. The molecule has 1 heterocycles. The van der Waals surface area contributed by atoms with Crippen molar-refractivity contribution in [1.29, 1.82) is 0 Å². The third-order valence-electron chi connectivity index (χ3n) is 5.13. The van der Waals surface area contributed by atoms with Gasteiger partial charge in [0.15, 0.2) is 5.84 Å². The van der Waals surface area contributed by atoms with E-state index < -0.39 is 0 Å². The van der Waals surface area contributed by atoms with Crippen molar-refractivity contribution in [1.82, 2.24) is 0 Å². The molecule has 23 heavy (non-hydrogen) atoms. The molecule has 0 atom stereocenters. The minimum absolute atomic E-state index is 0.0666. The fraction of sp³-hybridized carbons (Fsp3) is 0.300. The number of fused-ring (bicyclic) bond motifs is 2. The van der Waals surface area contributed by atoms with Crippen LogP contribution in [0.2, 0.25) is 0 Å². The quantitative estimate of drug-likeness (QED) is 0.841. The van der Waals surface area contributed by atoms with Gasteiger partial charge < -0.3 is 5.73 Å². The number of nitrogens with two attached hydrogens (primary N) is 1. The number of rotatable bonds is 1. The molecule has 2 aromatic rings. The molecule has 0 radical (unpaired) electrons. The van der Waals surface area contributed by atoms with Gasteiger partial charge in [0.2, 0.25) is 0 Å². The van der Waals surface area contributed by atoms with E-state index in [-0.39, 0.29) is 5.41 Å². The van der Waals surface area contributed by atoms with Gasteiger partial charge in [-0.15, -0.1) is 0 Å². The number of benzene rings is 2. The second-order valence-electron chi connectivity index (χ2n) is 6.60. The van der Waals surface area contributed by atoms with Crippen LogP contribution >= 0.6 is 0 Å². The maximum Gasteiger partial charge on any atom is 0.162 e. The first-order valence-corrected chi connectivity index (χ1v) is 8.29. The average molecular weight is 303 g/mol. The van der Waals surface area contributed by atoms with E-state index in [1.807, 2.05) is 12.1 Å². The Labute approximate surface area is 137 Å². The van der Waals surface area contributed by atoms with Crippen LogP contribution in [0.25, 0.3) is 0 Å². The summed E-state index contributed by atoms with van der Waals surface area (Å²) in [6, 6.07) is 16.7. The maximum atomic E-state index is 6.43. The van der Waals surface area contributed by atoms with Crippen LogP contribution in [0, 0.1) is 6.92 Å². The summed E-state index contributed by atoms with van der Waals surface area (Å²) >= 11 is 0. The zero-order valence-electron chi connectivity index (χ0n) is 13.4. The number of hydrogen-bond acceptors (Lipinski definition) is 2. The summed E-state index contributed by atoms with van der Waals surface area (Å²) in [5, 5.41) is 0. The van der Waals surface area contributed by atoms with Crippen molar-refractivity contribution < 1.29 is 0 Å². The molecule has 1 fully saturated rings. The zero-order valence-corrected chi connectivity index (χ0v) is 13.4. The highest BCUT2D eigenvalue weighted by molar-refractivity contribution is 6.14. The Morgan fingerprint density at radius 2 is 1.70 bits per heavy atom. The van der Waals surface area contributed by atoms with Crippen molar-refractivity contribution in [3.05, 3.63) is 65.2 Å². The molecule has 2 aromatic carbocycles. The van der Waals surface area contributed by atoms with E-state index in [9.17, 15) is 0 Å². The molecule has 0 bridgehead atoms. The lowest BCUT2D eigenvalue weighted by atomic mass is 9.74. The molecule has 0 amide bonds. The van der Waals surface area contributed by atoms with Crippen LogP contribution in [0.5, 0.6) is 0 Å². The van der Waals surface area contributed by atoms with Crippen LogP contribution in [-0.2, 0) is 5.41 Å². The Morgan fingerprint density at radius 3 is 2.43 bits per heavy atom. The Balaban J connectivity index is 1.86. The molecular formula is C20H21N3. The third-order valence-corrected chi connectivity index (χ3v) is 5.13. The lowest BCUT2D eigenvalue weighted by Gasteiger charge is -2.34. The van der Waals surface area contributed by atoms with Gasteiger partial charge in [0.05, 0.1) is 11.1 Å². The fourth-order valence-corrected chi connectivity index (χ4v) is 3.85. The second kappa shape index (κ2) is 5.34. The van der Waals surface area contributed by atoms with Gasteiger partial charge >= 0.3 is 0 Å². The molecule has 3 nitrogen and oxygen atoms in total. The average Bonchev–Trinajstić information content (AvgIpc) is 3.06. The summed E-state index contributed by atoms with van der Waals surface area (Å²) in [6.45, 7) is 2.08. The molecule has 1 aliphatic carbocycles. The molecule has 2 aliphatic rings. The van der Waals surface area contributed by atoms with E-state index in [1.54, 1.807) is 0 Å². The Bertz CT molecular complexity index is 794. The van der Waals surface area contributed by atoms with Gasteiger partial charge in [-0.25, -0.2) is 9.98 Å². The van der Waals surface area contributed by atoms with Crippen LogP contribution in [0.4, 0.5) is 5.69 Å². The second-order valence-corrected chi connectivity index (χ2v) is 6.60. The normalized spacial score (nSPS) is 20.6. The van der Waals surface area contributed by atoms with Crippen molar-refractivity contribution in [2.45, 2.75) is 38.0 Å². The molecule has 0 aromatic heterocycles. The summed E-state index contributed by atoms with van der Waals surface area (Å²) in [6.07, 6.45) is 4.62. The predicted molar refractivity (Wildman–Crippen MR) is 95.6 cm³/mol. The molecule has 0 saturated heterocycles. The summed E-state index contributed by atoms with van der Waals surface area (Å²) in [5.41, 5.74) is 10.9. The van der Waals surface area contributed by atoms with Gasteiger partial charge in [-0.05, 0) is 37.5 Å². The first kappa shape index (κ1) is 14.2. The monoisotopic (exact) mass is 303 g/mol. The summed E-state index contributed by atoms with van der Waals surface area (Å²) in [7, 11) is 0. The van der Waals surface area contributed by atoms with E-state index in [1.165, 1.54) is 24.0 Å². The molecule has 1 spiro atoms. The number of aliphatic imine (C=N–C) groups is 2. The van der Waals surface area contributed by atoms with Crippen LogP contribution in [0.15, 0.2) is 58.5 Å². The summed E-state index contributed by atoms with van der Waals surface area (Å²) in [5.74, 6) is 1.47. The van der Waals surface area contributed by atoms with Crippen LogP contribution in [0.1, 0.15) is 42.4 Å². The molecule has 0 unspecified atom stereocenters. The van der Waals surface area contributed by atoms with Gasteiger partial charge in [-0.3, -0.25) is 0 Å². The van der Waals surface area contributed by atoms with Crippen molar-refractivity contribution in [3.63, 3.8) is 0 Å². The minimum Gasteiger partial charge on any atom is -0.386 e. The molecular weight excluding hydrogens is 282 g/mol. The highest BCUT2D eigenvalue weighted by Crippen LogP contribution is 2.45. The fourth-order valence-electron chi connectivity index (χ4n) is 3.85. The van der Waals surface area contributed by atoms with Crippen LogP contribution in [-0.4, -0.2) is 11.7 Å². The molecule has 2 N–H and O–H groups in total. The molecule has 4 rings (SSSR count). The Hall–Kier alpha value is -2.42. The minimum atomic E-state index is -0.0666. The van der Waals surface area contributed by atoms with Crippen molar-refractivity contribution >= 4 is 17.4 Å². The lowest BCUT2D eigenvalue weighted by Crippen LogP contribution is -2.43. The van der Waals surface area contributed by atoms with E-state index in [4.69, 9.17) is 15.7 Å². The topological polar surface area (TPSA) is 50.7 Å². The van der Waals surface area contributed by atoms with Gasteiger partial charge in [0, 0.05) is 5.56 Å². The van der Waals surface area contributed by atoms with Gasteiger partial charge in [-0.2, -0.15) is 0 Å². The number of hydrogen-bond donors (Lipinski definition) is 1. The lowest BCUT2D eigenvalue weighted by molar-refractivity contribution is 0.589. The highest BCUT2D eigenvalue weighted by atomic mass is 15.0. The van der Waals surface area contributed by atoms with Crippen LogP contribution < -0.4 is 5.73 Å². The van der Waals surface area contributed by atoms with E-state index >= 15 is 0 Å². The number of amidine groups is 2. The Morgan fingerprint density at radius 1 is 1.00 bits per heavy atom. The predicted octanol–water partition coefficient (Wildman–Crippen LogP) is 4.26. The van der Waals surface area contributed by atoms with Crippen LogP contribution in [0.3, 0.4) is 0 Å². The van der Waals surface area contributed by atoms with Crippen molar-refractivity contribution in [3.8, 4) is 0 Å². The smallest absolute Gasteiger partial charge is 0.162 e. The molecule has 1 aliphatic heterocycles. The van der Waals surface area contributed by atoms with E-state index in [0.717, 1.165) is 35.8 Å². The highest BCUT2D eigenvalue weighted by Gasteiger charge is 2.43. The SMILES string of the molecule is Cc1ccc(N=C2N=C(N)C3(CCCC3)c3ccccc32)cc1. The maximum absolute atomic E-state index is 6.43. The number of aryl methyl sites for hydroxylation is 1. The summed E-state index contributed by atoms with van der Waals surface area (Å²) < 4.78 is 0. The van der Waals surface area contributed by atoms with E-state index in [0.29, 0.717) is 0 Å². The van der Waals surface area contributed by atoms with Crippen molar-refractivity contribution in [2.75, 3.05) is 0 Å². The molecule has 116 valence electrons.